The molecule has 0 aliphatic heterocycles. The van der Waals surface area contributed by atoms with E-state index in [9.17, 15) is 19.2 Å². The number of hydrogen-bond donors (Lipinski definition) is 1. The molecule has 0 fully saturated rings. The number of ether oxygens (including phenoxy) is 2. The number of nitrogens with zero attached hydrogens (tertiary/aromatic N) is 1. The lowest BCUT2D eigenvalue weighted by molar-refractivity contribution is -0.138. The van der Waals surface area contributed by atoms with Crippen LogP contribution in [0.2, 0.25) is 0 Å². The van der Waals surface area contributed by atoms with Crippen molar-refractivity contribution in [3.05, 3.63) is 42.5 Å². The van der Waals surface area contributed by atoms with E-state index in [-0.39, 0.29) is 37.5 Å². The van der Waals surface area contributed by atoms with Crippen molar-refractivity contribution in [2.75, 3.05) is 19.7 Å². The number of amides is 3. The minimum Gasteiger partial charge on any atom is -0.460 e. The Hall–Kier alpha value is -3.16. The molecule has 0 spiro atoms. The first kappa shape index (κ1) is 21.9. The minimum atomic E-state index is -0.860. The van der Waals surface area contributed by atoms with Gasteiger partial charge in [-0.1, -0.05) is 24.8 Å². The maximum atomic E-state index is 12.3. The largest absolute Gasteiger partial charge is 0.460 e. The summed E-state index contributed by atoms with van der Waals surface area (Å²) in [7, 11) is 0. The molecule has 8 nitrogen and oxygen atoms in total. The Morgan fingerprint density at radius 1 is 1.11 bits per heavy atom. The highest BCUT2D eigenvalue weighted by Crippen LogP contribution is 2.11. The number of hydrogen-bond acceptors (Lipinski definition) is 6. The van der Waals surface area contributed by atoms with Crippen molar-refractivity contribution in [1.29, 1.82) is 0 Å². The molecule has 0 aromatic heterocycles. The quantitative estimate of drug-likeness (QED) is 0.404. The maximum absolute atomic E-state index is 12.3. The summed E-state index contributed by atoms with van der Waals surface area (Å²) < 4.78 is 10.0. The molecule has 0 aliphatic rings. The van der Waals surface area contributed by atoms with Crippen LogP contribution in [-0.2, 0) is 14.3 Å². The van der Waals surface area contributed by atoms with E-state index in [0.717, 1.165) is 4.90 Å². The number of benzene rings is 1. The van der Waals surface area contributed by atoms with Crippen molar-refractivity contribution in [3.8, 4) is 5.75 Å². The lowest BCUT2D eigenvalue weighted by Gasteiger charge is -2.20. The summed E-state index contributed by atoms with van der Waals surface area (Å²) in [4.78, 5) is 47.9. The number of carbonyl (C=O) groups excluding carboxylic acids is 4. The third-order valence-electron chi connectivity index (χ3n) is 3.28. The van der Waals surface area contributed by atoms with Crippen molar-refractivity contribution < 1.29 is 28.7 Å². The predicted molar refractivity (Wildman–Crippen MR) is 98.3 cm³/mol. The fourth-order valence-electron chi connectivity index (χ4n) is 1.93. The van der Waals surface area contributed by atoms with E-state index in [0.29, 0.717) is 12.2 Å². The predicted octanol–water partition coefficient (Wildman–Crippen LogP) is 2.69. The second-order valence-electron chi connectivity index (χ2n) is 5.79. The molecule has 27 heavy (non-hydrogen) atoms. The molecule has 8 heteroatoms. The summed E-state index contributed by atoms with van der Waals surface area (Å²) in [5, 5.41) is 2.48. The van der Waals surface area contributed by atoms with Gasteiger partial charge in [0.2, 0.25) is 0 Å². The Kier molecular flexibility index (Phi) is 9.28. The van der Waals surface area contributed by atoms with Crippen molar-refractivity contribution in [3.63, 3.8) is 0 Å². The first-order valence-electron chi connectivity index (χ1n) is 8.45. The third kappa shape index (κ3) is 8.66. The number of nitrogens with one attached hydrogen (secondary N) is 1. The summed E-state index contributed by atoms with van der Waals surface area (Å²) in [6.45, 7) is 6.36. The van der Waals surface area contributed by atoms with Crippen molar-refractivity contribution in [1.82, 2.24) is 10.2 Å². The van der Waals surface area contributed by atoms with Crippen LogP contribution in [0.3, 0.4) is 0 Å². The lowest BCUT2D eigenvalue weighted by atomic mass is 10.2. The van der Waals surface area contributed by atoms with Gasteiger partial charge in [0.05, 0.1) is 6.54 Å². The number of esters is 1. The summed E-state index contributed by atoms with van der Waals surface area (Å²) in [5.41, 5.74) is 0.249. The molecule has 146 valence electrons. The highest BCUT2D eigenvalue weighted by atomic mass is 16.6. The molecule has 0 aliphatic carbocycles. The molecule has 0 saturated heterocycles. The van der Waals surface area contributed by atoms with Gasteiger partial charge in [0, 0.05) is 18.5 Å². The van der Waals surface area contributed by atoms with Gasteiger partial charge in [-0.3, -0.25) is 0 Å². The van der Waals surface area contributed by atoms with Gasteiger partial charge in [0.1, 0.15) is 18.1 Å². The van der Waals surface area contributed by atoms with E-state index < -0.39 is 18.1 Å². The zero-order valence-electron chi connectivity index (χ0n) is 15.5. The van der Waals surface area contributed by atoms with Crippen LogP contribution in [0.4, 0.5) is 9.59 Å². The van der Waals surface area contributed by atoms with Gasteiger partial charge < -0.3 is 19.6 Å². The van der Waals surface area contributed by atoms with Crippen LogP contribution in [0.15, 0.2) is 42.5 Å². The zero-order valence-corrected chi connectivity index (χ0v) is 15.5. The fraction of sp³-hybridized carbons (Fsp3) is 0.368. The van der Waals surface area contributed by atoms with Crippen molar-refractivity contribution >= 4 is 23.9 Å². The lowest BCUT2D eigenvalue weighted by Crippen LogP contribution is -2.46. The summed E-state index contributed by atoms with van der Waals surface area (Å²) in [6, 6.07) is 7.62. The van der Waals surface area contributed by atoms with Gasteiger partial charge in [0.25, 0.3) is 0 Å². The van der Waals surface area contributed by atoms with Crippen molar-refractivity contribution in [2.45, 2.75) is 26.7 Å². The molecular weight excluding hydrogens is 352 g/mol. The molecule has 0 saturated carbocycles. The first-order chi connectivity index (χ1) is 12.8. The second kappa shape index (κ2) is 11.5. The fourth-order valence-corrected chi connectivity index (χ4v) is 1.93. The number of urea groups is 1. The number of Topliss-reactive ketones (excluding diaryl/α,β-unsaturated/α-hetero) is 1. The SMILES string of the molecule is C=C(C)C(=O)OCCNC(=O)N(CCCC(C)=O)C(=O)Oc1ccccc1. The Morgan fingerprint density at radius 2 is 1.78 bits per heavy atom. The van der Waals surface area contributed by atoms with Crippen LogP contribution in [0.1, 0.15) is 26.7 Å². The minimum absolute atomic E-state index is 0.0136. The van der Waals surface area contributed by atoms with E-state index in [1.54, 1.807) is 30.3 Å². The molecule has 0 bridgehead atoms. The van der Waals surface area contributed by atoms with Gasteiger partial charge in [-0.15, -0.1) is 0 Å². The van der Waals surface area contributed by atoms with Gasteiger partial charge in [0.15, 0.2) is 0 Å². The smallest absolute Gasteiger partial charge is 0.423 e. The van der Waals surface area contributed by atoms with Crippen LogP contribution < -0.4 is 10.1 Å². The topological polar surface area (TPSA) is 102 Å². The van der Waals surface area contributed by atoms with E-state index in [4.69, 9.17) is 9.47 Å². The summed E-state index contributed by atoms with van der Waals surface area (Å²) in [5.74, 6) is -0.313. The highest BCUT2D eigenvalue weighted by Gasteiger charge is 2.23. The van der Waals surface area contributed by atoms with E-state index >= 15 is 0 Å². The zero-order chi connectivity index (χ0) is 20.2. The number of imide groups is 1. The van der Waals surface area contributed by atoms with Gasteiger partial charge >= 0.3 is 18.1 Å². The molecule has 1 N–H and O–H groups in total. The monoisotopic (exact) mass is 376 g/mol. The second-order valence-corrected chi connectivity index (χ2v) is 5.79. The van der Waals surface area contributed by atoms with E-state index in [1.165, 1.54) is 13.8 Å². The molecule has 1 rings (SSSR count). The van der Waals surface area contributed by atoms with Crippen LogP contribution >= 0.6 is 0 Å². The molecule has 0 heterocycles. The Morgan fingerprint density at radius 3 is 2.37 bits per heavy atom. The molecule has 1 aromatic carbocycles. The third-order valence-corrected chi connectivity index (χ3v) is 3.28. The van der Waals surface area contributed by atoms with Crippen LogP contribution in [0.25, 0.3) is 0 Å². The molecule has 3 amide bonds. The van der Waals surface area contributed by atoms with Crippen molar-refractivity contribution in [2.24, 2.45) is 0 Å². The summed E-state index contributed by atoms with van der Waals surface area (Å²) in [6.07, 6.45) is -0.309. The number of para-hydroxylation sites is 1. The van der Waals surface area contributed by atoms with Gasteiger partial charge in [-0.05, 0) is 32.4 Å². The number of rotatable bonds is 9. The normalized spacial score (nSPS) is 9.85. The van der Waals surface area contributed by atoms with Gasteiger partial charge in [-0.25, -0.2) is 19.3 Å². The Bertz CT molecular complexity index is 687. The Balaban J connectivity index is 2.61. The van der Waals surface area contributed by atoms with Crippen LogP contribution in [0.5, 0.6) is 5.75 Å². The average molecular weight is 376 g/mol. The number of carbonyl (C=O) groups is 4. The standard InChI is InChI=1S/C19H24N2O6/c1-14(2)17(23)26-13-11-20-18(24)21(12-7-8-15(3)22)19(25)27-16-9-5-4-6-10-16/h4-6,9-10H,1,7-8,11-13H2,2-3H3,(H,20,24). The highest BCUT2D eigenvalue weighted by molar-refractivity contribution is 5.92. The van der Waals surface area contributed by atoms with Crippen LogP contribution in [0, 0.1) is 0 Å². The summed E-state index contributed by atoms with van der Waals surface area (Å²) >= 11 is 0. The molecule has 0 radical (unpaired) electrons. The van der Waals surface area contributed by atoms with Gasteiger partial charge in [-0.2, -0.15) is 0 Å². The first-order valence-corrected chi connectivity index (χ1v) is 8.45. The average Bonchev–Trinajstić information content (AvgIpc) is 2.62. The molecule has 1 aromatic rings. The van der Waals surface area contributed by atoms with E-state index in [2.05, 4.69) is 11.9 Å². The van der Waals surface area contributed by atoms with E-state index in [1.807, 2.05) is 0 Å². The molecule has 0 atom stereocenters. The number of ketones is 1. The molecule has 0 unspecified atom stereocenters. The maximum Gasteiger partial charge on any atom is 0.423 e. The Labute approximate surface area is 158 Å². The molecular formula is C19H24N2O6. The van der Waals surface area contributed by atoms with Crippen LogP contribution in [-0.4, -0.2) is 48.5 Å².